The van der Waals surface area contributed by atoms with Crippen LogP contribution in [0.5, 0.6) is 0 Å². The first-order valence-electron chi connectivity index (χ1n) is 3.50. The molecule has 0 bridgehead atoms. The number of aliphatic hydroxyl groups excluding tert-OH is 1. The molecule has 1 nitrogen and oxygen atoms in total. The largest absolute Gasteiger partial charge is 0.396 e. The molecule has 72 valence electrons. The Morgan fingerprint density at radius 3 is 2.38 bits per heavy atom. The highest BCUT2D eigenvalue weighted by atomic mass is 127. The van der Waals surface area contributed by atoms with E-state index in [4.69, 9.17) is 5.11 Å². The number of rotatable bonds is 2. The van der Waals surface area contributed by atoms with E-state index in [2.05, 4.69) is 0 Å². The van der Waals surface area contributed by atoms with Gasteiger partial charge in [-0.05, 0) is 40.6 Å². The molecule has 1 N–H and O–H groups in total. The number of halogens is 4. The maximum absolute atomic E-state index is 13.0. The molecule has 0 saturated carbocycles. The topological polar surface area (TPSA) is 20.2 Å². The quantitative estimate of drug-likeness (QED) is 0.505. The highest BCUT2D eigenvalue weighted by molar-refractivity contribution is 14.1. The summed E-state index contributed by atoms with van der Waals surface area (Å²) in [6.07, 6.45) is -0.0867. The number of hydrogen-bond donors (Lipinski definition) is 1. The SMILES string of the molecule is OCCc1cc(F)c(I)c(F)c1F. The molecule has 0 atom stereocenters. The molecule has 1 aromatic rings. The molecule has 5 heteroatoms. The van der Waals surface area contributed by atoms with E-state index in [9.17, 15) is 13.2 Å². The van der Waals surface area contributed by atoms with Gasteiger partial charge in [-0.1, -0.05) is 0 Å². The second kappa shape index (κ2) is 4.28. The monoisotopic (exact) mass is 302 g/mol. The van der Waals surface area contributed by atoms with Gasteiger partial charge in [-0.25, -0.2) is 13.2 Å². The van der Waals surface area contributed by atoms with Crippen molar-refractivity contribution in [2.24, 2.45) is 0 Å². The van der Waals surface area contributed by atoms with Crippen molar-refractivity contribution in [3.05, 3.63) is 32.7 Å². The third kappa shape index (κ3) is 2.14. The lowest BCUT2D eigenvalue weighted by atomic mass is 10.1. The van der Waals surface area contributed by atoms with Crippen LogP contribution >= 0.6 is 22.6 Å². The van der Waals surface area contributed by atoms with Gasteiger partial charge in [0.25, 0.3) is 0 Å². The second-order valence-corrected chi connectivity index (χ2v) is 3.51. The molecule has 0 radical (unpaired) electrons. The van der Waals surface area contributed by atoms with Gasteiger partial charge in [0, 0.05) is 6.61 Å². The Morgan fingerprint density at radius 1 is 1.23 bits per heavy atom. The lowest BCUT2D eigenvalue weighted by Crippen LogP contribution is -2.02. The van der Waals surface area contributed by atoms with E-state index in [1.54, 1.807) is 0 Å². The predicted molar refractivity (Wildman–Crippen MR) is 49.8 cm³/mol. The van der Waals surface area contributed by atoms with Crippen LogP contribution in [0.25, 0.3) is 0 Å². The van der Waals surface area contributed by atoms with Gasteiger partial charge in [0.05, 0.1) is 3.57 Å². The Labute approximate surface area is 86.7 Å². The molecule has 0 spiro atoms. The first-order valence-corrected chi connectivity index (χ1v) is 4.58. The average molecular weight is 302 g/mol. The van der Waals surface area contributed by atoms with E-state index < -0.39 is 17.5 Å². The van der Waals surface area contributed by atoms with E-state index in [-0.39, 0.29) is 22.2 Å². The first kappa shape index (κ1) is 10.8. The highest BCUT2D eigenvalue weighted by Crippen LogP contribution is 2.21. The number of hydrogen-bond acceptors (Lipinski definition) is 1. The van der Waals surface area contributed by atoms with Gasteiger partial charge in [0.1, 0.15) is 5.82 Å². The van der Waals surface area contributed by atoms with Gasteiger partial charge in [0.2, 0.25) is 0 Å². The van der Waals surface area contributed by atoms with Crippen molar-refractivity contribution in [1.29, 1.82) is 0 Å². The summed E-state index contributed by atoms with van der Waals surface area (Å²) in [5, 5.41) is 8.48. The van der Waals surface area contributed by atoms with E-state index in [0.29, 0.717) is 0 Å². The molecule has 0 aliphatic carbocycles. The fourth-order valence-electron chi connectivity index (χ4n) is 0.924. The van der Waals surface area contributed by atoms with E-state index in [1.807, 2.05) is 0 Å². The molecule has 0 aliphatic heterocycles. The van der Waals surface area contributed by atoms with Crippen molar-refractivity contribution in [2.45, 2.75) is 6.42 Å². The van der Waals surface area contributed by atoms with E-state index in [1.165, 1.54) is 22.6 Å². The van der Waals surface area contributed by atoms with Gasteiger partial charge in [-0.3, -0.25) is 0 Å². The minimum atomic E-state index is -1.19. The summed E-state index contributed by atoms with van der Waals surface area (Å²) in [6.45, 7) is -0.337. The fourth-order valence-corrected chi connectivity index (χ4v) is 1.32. The molecule has 13 heavy (non-hydrogen) atoms. The van der Waals surface area contributed by atoms with Crippen molar-refractivity contribution in [1.82, 2.24) is 0 Å². The average Bonchev–Trinajstić information content (AvgIpc) is 2.11. The van der Waals surface area contributed by atoms with Gasteiger partial charge in [-0.15, -0.1) is 0 Å². The summed E-state index contributed by atoms with van der Waals surface area (Å²) < 4.78 is 38.3. The van der Waals surface area contributed by atoms with Crippen molar-refractivity contribution in [3.63, 3.8) is 0 Å². The maximum atomic E-state index is 13.0. The molecule has 0 aromatic heterocycles. The molecule has 0 amide bonds. The number of benzene rings is 1. The third-order valence-corrected chi connectivity index (χ3v) is 2.55. The zero-order valence-corrected chi connectivity index (χ0v) is 8.61. The molecular weight excluding hydrogens is 296 g/mol. The van der Waals surface area contributed by atoms with Crippen molar-refractivity contribution in [3.8, 4) is 0 Å². The zero-order valence-electron chi connectivity index (χ0n) is 6.45. The van der Waals surface area contributed by atoms with Crippen LogP contribution in [0.3, 0.4) is 0 Å². The van der Waals surface area contributed by atoms with E-state index >= 15 is 0 Å². The summed E-state index contributed by atoms with van der Waals surface area (Å²) in [5.41, 5.74) is -0.141. The minimum absolute atomic E-state index is 0.0867. The Kier molecular flexibility index (Phi) is 3.55. The maximum Gasteiger partial charge on any atom is 0.175 e. The summed E-state index contributed by atoms with van der Waals surface area (Å²) in [5.74, 6) is -3.08. The summed E-state index contributed by atoms with van der Waals surface area (Å²) in [4.78, 5) is 0. The molecule has 0 saturated heterocycles. The van der Waals surface area contributed by atoms with Crippen LogP contribution < -0.4 is 0 Å². The molecular formula is C8H6F3IO. The van der Waals surface area contributed by atoms with Crippen LogP contribution in [0.2, 0.25) is 0 Å². The highest BCUT2D eigenvalue weighted by Gasteiger charge is 2.15. The lowest BCUT2D eigenvalue weighted by molar-refractivity contribution is 0.296. The van der Waals surface area contributed by atoms with Crippen LogP contribution in [-0.2, 0) is 6.42 Å². The molecule has 0 aliphatic rings. The first-order chi connectivity index (χ1) is 6.07. The minimum Gasteiger partial charge on any atom is -0.396 e. The predicted octanol–water partition coefficient (Wildman–Crippen LogP) is 2.24. The Morgan fingerprint density at radius 2 is 1.85 bits per heavy atom. The van der Waals surface area contributed by atoms with Crippen LogP contribution in [0.1, 0.15) is 5.56 Å². The van der Waals surface area contributed by atoms with Gasteiger partial charge in [0.15, 0.2) is 11.6 Å². The fraction of sp³-hybridized carbons (Fsp3) is 0.250. The normalized spacial score (nSPS) is 10.5. The smallest absolute Gasteiger partial charge is 0.175 e. The molecule has 0 heterocycles. The van der Waals surface area contributed by atoms with Gasteiger partial charge >= 0.3 is 0 Å². The molecule has 1 rings (SSSR count). The molecule has 0 unspecified atom stereocenters. The Hall–Kier alpha value is -0.300. The van der Waals surface area contributed by atoms with Crippen molar-refractivity contribution >= 4 is 22.6 Å². The third-order valence-electron chi connectivity index (χ3n) is 1.56. The summed E-state index contributed by atoms with van der Waals surface area (Å²) >= 11 is 1.39. The van der Waals surface area contributed by atoms with Crippen LogP contribution in [0.4, 0.5) is 13.2 Å². The summed E-state index contributed by atoms with van der Waals surface area (Å²) in [6, 6.07) is 0.899. The molecule has 0 fully saturated rings. The Bertz CT molecular complexity index is 328. The van der Waals surface area contributed by atoms with Crippen LogP contribution in [0, 0.1) is 21.0 Å². The van der Waals surface area contributed by atoms with Gasteiger partial charge in [-0.2, -0.15) is 0 Å². The van der Waals surface area contributed by atoms with Crippen molar-refractivity contribution in [2.75, 3.05) is 6.61 Å². The Balaban J connectivity index is 3.24. The summed E-state index contributed by atoms with van der Waals surface area (Å²) in [7, 11) is 0. The van der Waals surface area contributed by atoms with Crippen LogP contribution in [0.15, 0.2) is 6.07 Å². The number of aliphatic hydroxyl groups is 1. The standard InChI is InChI=1S/C8H6F3IO/c9-5-3-4(1-2-13)6(10)7(11)8(5)12/h3,13H,1-2H2. The van der Waals surface area contributed by atoms with Gasteiger partial charge < -0.3 is 5.11 Å². The zero-order chi connectivity index (χ0) is 10.0. The van der Waals surface area contributed by atoms with E-state index in [0.717, 1.165) is 6.07 Å². The second-order valence-electron chi connectivity index (χ2n) is 2.43. The lowest BCUT2D eigenvalue weighted by Gasteiger charge is -2.04. The van der Waals surface area contributed by atoms with Crippen molar-refractivity contribution < 1.29 is 18.3 Å². The molecule has 1 aromatic carbocycles. The van der Waals surface area contributed by atoms with Crippen LogP contribution in [-0.4, -0.2) is 11.7 Å².